The number of amides is 1. The molecule has 0 bridgehead atoms. The van der Waals surface area contributed by atoms with E-state index in [1.54, 1.807) is 18.3 Å². The first kappa shape index (κ1) is 17.7. The van der Waals surface area contributed by atoms with Crippen molar-refractivity contribution in [2.75, 3.05) is 7.11 Å². The van der Waals surface area contributed by atoms with Crippen molar-refractivity contribution in [2.24, 2.45) is 0 Å². The molecule has 1 amide bonds. The number of hydrogen-bond acceptors (Lipinski definition) is 4. The third-order valence-electron chi connectivity index (χ3n) is 3.99. The van der Waals surface area contributed by atoms with Gasteiger partial charge in [0.1, 0.15) is 0 Å². The second-order valence-electron chi connectivity index (χ2n) is 5.77. The zero-order valence-electron chi connectivity index (χ0n) is 14.0. The lowest BCUT2D eigenvalue weighted by atomic mass is 10.0. The van der Waals surface area contributed by atoms with Crippen LogP contribution in [-0.4, -0.2) is 30.0 Å². The molecule has 1 aliphatic heterocycles. The van der Waals surface area contributed by atoms with Crippen molar-refractivity contribution < 1.29 is 14.3 Å². The number of allylic oxidation sites excluding steroid dienone is 4. The largest absolute Gasteiger partial charge is 0.465 e. The summed E-state index contributed by atoms with van der Waals surface area (Å²) in [5.74, 6) is -0.299. The van der Waals surface area contributed by atoms with Gasteiger partial charge in [-0.1, -0.05) is 30.4 Å². The molecule has 1 fully saturated rings. The van der Waals surface area contributed by atoms with Crippen molar-refractivity contribution >= 4 is 11.9 Å². The smallest absolute Gasteiger partial charge is 0.339 e. The molecule has 0 aromatic carbocycles. The molecular weight excluding hydrogens is 304 g/mol. The molecule has 2 rings (SSSR count). The summed E-state index contributed by atoms with van der Waals surface area (Å²) < 4.78 is 4.71. The predicted molar refractivity (Wildman–Crippen MR) is 92.5 cm³/mol. The number of nitrogens with zero attached hydrogens (tertiary/aromatic N) is 1. The molecule has 5 nitrogen and oxygen atoms in total. The minimum atomic E-state index is -0.402. The van der Waals surface area contributed by atoms with E-state index in [2.05, 4.69) is 16.9 Å². The number of aromatic nitrogens is 1. The predicted octanol–water partition coefficient (Wildman–Crippen LogP) is 2.75. The van der Waals surface area contributed by atoms with Crippen molar-refractivity contribution in [3.05, 3.63) is 65.5 Å². The lowest BCUT2D eigenvalue weighted by Crippen LogP contribution is -2.26. The highest BCUT2D eigenvalue weighted by Crippen LogP contribution is 2.16. The Kier molecular flexibility index (Phi) is 6.07. The van der Waals surface area contributed by atoms with Crippen LogP contribution in [0.5, 0.6) is 0 Å². The minimum absolute atomic E-state index is 0.103. The number of ether oxygens (including phenoxy) is 1. The van der Waals surface area contributed by atoms with Crippen LogP contribution in [0.2, 0.25) is 0 Å². The minimum Gasteiger partial charge on any atom is -0.465 e. The Morgan fingerprint density at radius 2 is 2.25 bits per heavy atom. The summed E-state index contributed by atoms with van der Waals surface area (Å²) >= 11 is 0. The van der Waals surface area contributed by atoms with E-state index in [4.69, 9.17) is 4.74 Å². The number of nitrogens with one attached hydrogen (secondary N) is 1. The standard InChI is InChI=1S/C19H22N2O3/c1-4-14(6-5-13(2)17-7-8-18(22)21-17)9-15-10-16(12-20-11-15)19(23)24-3/h4-6,10-12,17H,1,7-9H2,2-3H3,(H,21,22)/b13-5+,14-6+. The maximum atomic E-state index is 11.6. The Bertz CT molecular complexity index is 704. The van der Waals surface area contributed by atoms with E-state index in [-0.39, 0.29) is 11.9 Å². The van der Waals surface area contributed by atoms with Gasteiger partial charge in [-0.05, 0) is 37.0 Å². The van der Waals surface area contributed by atoms with E-state index in [0.717, 1.165) is 23.1 Å². The van der Waals surface area contributed by atoms with Crippen LogP contribution in [0.4, 0.5) is 0 Å². The van der Waals surface area contributed by atoms with Crippen LogP contribution in [0.25, 0.3) is 0 Å². The number of esters is 1. The van der Waals surface area contributed by atoms with E-state index >= 15 is 0 Å². The highest BCUT2D eigenvalue weighted by atomic mass is 16.5. The van der Waals surface area contributed by atoms with Gasteiger partial charge in [0.15, 0.2) is 0 Å². The van der Waals surface area contributed by atoms with Crippen LogP contribution < -0.4 is 5.32 Å². The quantitative estimate of drug-likeness (QED) is 0.645. The molecule has 1 N–H and O–H groups in total. The Balaban J connectivity index is 2.10. The average Bonchev–Trinajstić information content (AvgIpc) is 3.04. The summed E-state index contributed by atoms with van der Waals surface area (Å²) in [7, 11) is 1.35. The van der Waals surface area contributed by atoms with Gasteiger partial charge < -0.3 is 10.1 Å². The highest BCUT2D eigenvalue weighted by molar-refractivity contribution is 5.89. The highest BCUT2D eigenvalue weighted by Gasteiger charge is 2.21. The fourth-order valence-corrected chi connectivity index (χ4v) is 2.56. The number of pyridine rings is 1. The van der Waals surface area contributed by atoms with Gasteiger partial charge in [0.05, 0.1) is 18.7 Å². The zero-order chi connectivity index (χ0) is 17.5. The topological polar surface area (TPSA) is 68.3 Å². The summed E-state index contributed by atoms with van der Waals surface area (Å²) in [6.45, 7) is 5.85. The molecule has 126 valence electrons. The third-order valence-corrected chi connectivity index (χ3v) is 3.99. The molecule has 0 spiro atoms. The van der Waals surface area contributed by atoms with Crippen molar-refractivity contribution in [2.45, 2.75) is 32.2 Å². The van der Waals surface area contributed by atoms with Gasteiger partial charge in [-0.25, -0.2) is 4.79 Å². The lowest BCUT2D eigenvalue weighted by molar-refractivity contribution is -0.119. The molecule has 1 saturated heterocycles. The van der Waals surface area contributed by atoms with Crippen LogP contribution in [-0.2, 0) is 16.0 Å². The van der Waals surface area contributed by atoms with Crippen LogP contribution >= 0.6 is 0 Å². The van der Waals surface area contributed by atoms with E-state index in [1.165, 1.54) is 13.3 Å². The first-order valence-corrected chi connectivity index (χ1v) is 7.85. The Hall–Kier alpha value is -2.69. The summed E-state index contributed by atoms with van der Waals surface area (Å²) in [4.78, 5) is 26.9. The number of carbonyl (C=O) groups is 2. The molecule has 0 saturated carbocycles. The van der Waals surface area contributed by atoms with E-state index in [9.17, 15) is 9.59 Å². The van der Waals surface area contributed by atoms with Gasteiger partial charge in [0.25, 0.3) is 0 Å². The number of hydrogen-bond donors (Lipinski definition) is 1. The molecule has 1 aromatic heterocycles. The molecule has 24 heavy (non-hydrogen) atoms. The Morgan fingerprint density at radius 3 is 2.88 bits per heavy atom. The first-order chi connectivity index (χ1) is 11.5. The van der Waals surface area contributed by atoms with Gasteiger partial charge in [-0.15, -0.1) is 0 Å². The monoisotopic (exact) mass is 326 g/mol. The average molecular weight is 326 g/mol. The van der Waals surface area contributed by atoms with Crippen LogP contribution in [0.15, 0.2) is 54.4 Å². The Labute approximate surface area is 142 Å². The fourth-order valence-electron chi connectivity index (χ4n) is 2.56. The fraction of sp³-hybridized carbons (Fsp3) is 0.316. The Morgan fingerprint density at radius 1 is 1.46 bits per heavy atom. The zero-order valence-corrected chi connectivity index (χ0v) is 14.0. The maximum Gasteiger partial charge on any atom is 0.339 e. The van der Waals surface area contributed by atoms with Crippen molar-refractivity contribution in [3.8, 4) is 0 Å². The molecule has 5 heteroatoms. The van der Waals surface area contributed by atoms with Crippen LogP contribution in [0.3, 0.4) is 0 Å². The first-order valence-electron chi connectivity index (χ1n) is 7.85. The molecular formula is C19H22N2O3. The van der Waals surface area contributed by atoms with E-state index in [0.29, 0.717) is 18.4 Å². The molecule has 1 aromatic rings. The normalized spacial score (nSPS) is 18.2. The van der Waals surface area contributed by atoms with Crippen molar-refractivity contribution in [3.63, 3.8) is 0 Å². The maximum absolute atomic E-state index is 11.6. The van der Waals surface area contributed by atoms with Gasteiger partial charge >= 0.3 is 5.97 Å². The molecule has 1 aliphatic rings. The molecule has 2 heterocycles. The molecule has 0 aliphatic carbocycles. The van der Waals surface area contributed by atoms with Gasteiger partial charge in [0, 0.05) is 18.8 Å². The summed E-state index contributed by atoms with van der Waals surface area (Å²) in [5, 5.41) is 2.95. The van der Waals surface area contributed by atoms with Crippen molar-refractivity contribution in [1.29, 1.82) is 0 Å². The second kappa shape index (κ2) is 8.24. The number of methoxy groups -OCH3 is 1. The molecule has 0 radical (unpaired) electrons. The lowest BCUT2D eigenvalue weighted by Gasteiger charge is -2.10. The summed E-state index contributed by atoms with van der Waals surface area (Å²) in [6.07, 6.45) is 11.0. The van der Waals surface area contributed by atoms with Crippen LogP contribution in [0.1, 0.15) is 35.7 Å². The third kappa shape index (κ3) is 4.65. The van der Waals surface area contributed by atoms with E-state index < -0.39 is 5.97 Å². The summed E-state index contributed by atoms with van der Waals surface area (Å²) in [6, 6.07) is 1.88. The van der Waals surface area contributed by atoms with Crippen LogP contribution in [0, 0.1) is 0 Å². The SMILES string of the molecule is C=C/C(=C\C=C(/C)C1CCC(=O)N1)Cc1cncc(C(=O)OC)c1. The molecule has 1 atom stereocenters. The number of carbonyl (C=O) groups excluding carboxylic acids is 2. The second-order valence-corrected chi connectivity index (χ2v) is 5.77. The van der Waals surface area contributed by atoms with Crippen molar-refractivity contribution in [1.82, 2.24) is 10.3 Å². The number of rotatable bonds is 6. The summed E-state index contributed by atoms with van der Waals surface area (Å²) in [5.41, 5.74) is 3.45. The van der Waals surface area contributed by atoms with Gasteiger partial charge in [-0.2, -0.15) is 0 Å². The van der Waals surface area contributed by atoms with Gasteiger partial charge in [-0.3, -0.25) is 9.78 Å². The van der Waals surface area contributed by atoms with Gasteiger partial charge in [0.2, 0.25) is 5.91 Å². The molecule has 1 unspecified atom stereocenters. The van der Waals surface area contributed by atoms with E-state index in [1.807, 2.05) is 19.1 Å².